The number of carbonyl (C=O) groups excluding carboxylic acids is 2. The Hall–Kier alpha value is -3.10. The molecule has 1 aliphatic heterocycles. The summed E-state index contributed by atoms with van der Waals surface area (Å²) in [7, 11) is 6.60. The highest BCUT2D eigenvalue weighted by Gasteiger charge is 2.46. The molecule has 1 aromatic heterocycles. The number of rotatable bonds is 7. The van der Waals surface area contributed by atoms with E-state index < -0.39 is 17.7 Å². The fraction of sp³-hybridized carbons (Fsp3) is 0.318. The van der Waals surface area contributed by atoms with E-state index in [2.05, 4.69) is 4.98 Å². The molecule has 31 heavy (non-hydrogen) atoms. The molecule has 1 aromatic carbocycles. The number of benzene rings is 1. The van der Waals surface area contributed by atoms with Crippen molar-refractivity contribution < 1.29 is 24.2 Å². The Morgan fingerprint density at radius 1 is 1.19 bits per heavy atom. The Kier molecular flexibility index (Phi) is 6.82. The molecule has 1 N–H and O–H groups in total. The van der Waals surface area contributed by atoms with Gasteiger partial charge in [0.05, 0.1) is 36.1 Å². The number of carbonyl (C=O) groups is 2. The van der Waals surface area contributed by atoms with E-state index in [1.54, 1.807) is 24.4 Å². The third-order valence-electron chi connectivity index (χ3n) is 5.03. The summed E-state index contributed by atoms with van der Waals surface area (Å²) in [6, 6.07) is 7.33. The summed E-state index contributed by atoms with van der Waals surface area (Å²) in [5.41, 5.74) is 0.599. The highest BCUT2D eigenvalue weighted by Crippen LogP contribution is 2.42. The van der Waals surface area contributed by atoms with E-state index in [0.717, 1.165) is 0 Å². The number of ether oxygens (including phenoxy) is 2. The van der Waals surface area contributed by atoms with Crippen LogP contribution in [0.2, 0.25) is 5.02 Å². The highest BCUT2D eigenvalue weighted by molar-refractivity contribution is 6.46. The van der Waals surface area contributed by atoms with E-state index in [1.807, 2.05) is 19.0 Å². The Balaban J connectivity index is 2.22. The van der Waals surface area contributed by atoms with Crippen LogP contribution >= 0.6 is 11.6 Å². The first-order valence-electron chi connectivity index (χ1n) is 9.56. The van der Waals surface area contributed by atoms with E-state index in [4.69, 9.17) is 21.1 Å². The van der Waals surface area contributed by atoms with Crippen molar-refractivity contribution in [1.29, 1.82) is 0 Å². The van der Waals surface area contributed by atoms with Crippen molar-refractivity contribution >= 4 is 29.1 Å². The lowest BCUT2D eigenvalue weighted by molar-refractivity contribution is -0.140. The number of amides is 1. The third-order valence-corrected chi connectivity index (χ3v) is 5.32. The SMILES string of the molecule is COc1cc(/C(O)=C2\C(=O)C(=O)N(CCN(C)C)C2c2ccccn2)c(OC)cc1Cl. The minimum absolute atomic E-state index is 0.0647. The lowest BCUT2D eigenvalue weighted by Gasteiger charge is -2.26. The number of methoxy groups -OCH3 is 2. The number of hydrogen-bond donors (Lipinski definition) is 1. The number of aliphatic hydroxyl groups is 1. The Morgan fingerprint density at radius 3 is 2.48 bits per heavy atom. The summed E-state index contributed by atoms with van der Waals surface area (Å²) >= 11 is 6.17. The number of halogens is 1. The lowest BCUT2D eigenvalue weighted by atomic mass is 9.97. The Labute approximate surface area is 185 Å². The average molecular weight is 446 g/mol. The summed E-state index contributed by atoms with van der Waals surface area (Å²) in [5, 5.41) is 11.5. The monoisotopic (exact) mass is 445 g/mol. The number of aliphatic hydroxyl groups excluding tert-OH is 1. The van der Waals surface area contributed by atoms with Crippen LogP contribution in [0.4, 0.5) is 0 Å². The van der Waals surface area contributed by atoms with Crippen molar-refractivity contribution in [2.24, 2.45) is 0 Å². The van der Waals surface area contributed by atoms with Crippen LogP contribution in [-0.4, -0.2) is 73.0 Å². The second kappa shape index (κ2) is 9.36. The lowest BCUT2D eigenvalue weighted by Crippen LogP contribution is -2.35. The van der Waals surface area contributed by atoms with Gasteiger partial charge >= 0.3 is 0 Å². The molecule has 1 aliphatic rings. The van der Waals surface area contributed by atoms with Crippen LogP contribution in [0.3, 0.4) is 0 Å². The van der Waals surface area contributed by atoms with Gasteiger partial charge in [0, 0.05) is 25.4 Å². The minimum atomic E-state index is -0.840. The normalized spacial score (nSPS) is 18.0. The molecule has 1 unspecified atom stereocenters. The summed E-state index contributed by atoms with van der Waals surface area (Å²) in [6.07, 6.45) is 1.58. The van der Waals surface area contributed by atoms with Gasteiger partial charge in [-0.2, -0.15) is 0 Å². The van der Waals surface area contributed by atoms with Crippen LogP contribution in [0.25, 0.3) is 5.76 Å². The molecule has 0 bridgehead atoms. The fourth-order valence-corrected chi connectivity index (χ4v) is 3.68. The van der Waals surface area contributed by atoms with E-state index in [1.165, 1.54) is 31.3 Å². The molecule has 164 valence electrons. The van der Waals surface area contributed by atoms with Crippen molar-refractivity contribution in [3.63, 3.8) is 0 Å². The van der Waals surface area contributed by atoms with Crippen LogP contribution in [0, 0.1) is 0 Å². The molecule has 1 atom stereocenters. The van der Waals surface area contributed by atoms with Crippen molar-refractivity contribution in [3.05, 3.63) is 58.4 Å². The Morgan fingerprint density at radius 2 is 1.90 bits per heavy atom. The molecule has 1 amide bonds. The van der Waals surface area contributed by atoms with Gasteiger partial charge in [-0.05, 0) is 32.3 Å². The molecule has 0 radical (unpaired) electrons. The molecule has 1 fully saturated rings. The maximum absolute atomic E-state index is 13.0. The van der Waals surface area contributed by atoms with E-state index in [-0.39, 0.29) is 34.2 Å². The molecule has 3 rings (SSSR count). The number of Topliss-reactive ketones (excluding diaryl/α,β-unsaturated/α-hetero) is 1. The topological polar surface area (TPSA) is 92.2 Å². The number of likely N-dealkylation sites (tertiary alicyclic amines) is 1. The maximum Gasteiger partial charge on any atom is 0.295 e. The summed E-state index contributed by atoms with van der Waals surface area (Å²) in [5.74, 6) is -1.34. The number of pyridine rings is 1. The van der Waals surface area contributed by atoms with Gasteiger partial charge in [0.15, 0.2) is 0 Å². The van der Waals surface area contributed by atoms with Crippen molar-refractivity contribution in [2.75, 3.05) is 41.4 Å². The van der Waals surface area contributed by atoms with E-state index in [9.17, 15) is 14.7 Å². The van der Waals surface area contributed by atoms with Crippen LogP contribution in [-0.2, 0) is 9.59 Å². The predicted molar refractivity (Wildman–Crippen MR) is 116 cm³/mol. The second-order valence-corrected chi connectivity index (χ2v) is 7.64. The standard InChI is InChI=1S/C22H24ClN3O5/c1-25(2)9-10-26-19(15-7-5-6-8-24-15)18(21(28)22(26)29)20(27)13-11-17(31-4)14(23)12-16(13)30-3/h5-8,11-12,19,27H,9-10H2,1-4H3/b20-18+. The number of aromatic nitrogens is 1. The van der Waals surface area contributed by atoms with Crippen LogP contribution < -0.4 is 9.47 Å². The van der Waals surface area contributed by atoms with Gasteiger partial charge in [0.1, 0.15) is 23.3 Å². The predicted octanol–water partition coefficient (Wildman–Crippen LogP) is 2.74. The average Bonchev–Trinajstić information content (AvgIpc) is 3.02. The van der Waals surface area contributed by atoms with Gasteiger partial charge in [-0.25, -0.2) is 0 Å². The zero-order chi connectivity index (χ0) is 22.7. The first-order chi connectivity index (χ1) is 14.8. The van der Waals surface area contributed by atoms with Gasteiger partial charge in [0.2, 0.25) is 0 Å². The first kappa shape index (κ1) is 22.6. The van der Waals surface area contributed by atoms with Crippen molar-refractivity contribution in [3.8, 4) is 11.5 Å². The molecule has 8 nitrogen and oxygen atoms in total. The molecule has 0 aliphatic carbocycles. The van der Waals surface area contributed by atoms with Crippen molar-refractivity contribution in [2.45, 2.75) is 6.04 Å². The first-order valence-corrected chi connectivity index (χ1v) is 9.93. The zero-order valence-corrected chi connectivity index (χ0v) is 18.5. The molecule has 0 spiro atoms. The van der Waals surface area contributed by atoms with Gasteiger partial charge in [-0.1, -0.05) is 17.7 Å². The molecule has 2 aromatic rings. The molecule has 2 heterocycles. The number of ketones is 1. The number of hydrogen-bond acceptors (Lipinski definition) is 7. The van der Waals surface area contributed by atoms with Crippen LogP contribution in [0.15, 0.2) is 42.1 Å². The number of likely N-dealkylation sites (N-methyl/N-ethyl adjacent to an activating group) is 1. The Bertz CT molecular complexity index is 1020. The largest absolute Gasteiger partial charge is 0.507 e. The minimum Gasteiger partial charge on any atom is -0.507 e. The number of nitrogens with zero attached hydrogens (tertiary/aromatic N) is 3. The quantitative estimate of drug-likeness (QED) is 0.398. The molecular formula is C22H24ClN3O5. The molecule has 9 heteroatoms. The van der Waals surface area contributed by atoms with Gasteiger partial charge in [-0.3, -0.25) is 14.6 Å². The zero-order valence-electron chi connectivity index (χ0n) is 17.8. The van der Waals surface area contributed by atoms with E-state index in [0.29, 0.717) is 18.0 Å². The maximum atomic E-state index is 13.0. The fourth-order valence-electron chi connectivity index (χ4n) is 3.45. The highest BCUT2D eigenvalue weighted by atomic mass is 35.5. The molecular weight excluding hydrogens is 422 g/mol. The van der Waals surface area contributed by atoms with Crippen LogP contribution in [0.5, 0.6) is 11.5 Å². The van der Waals surface area contributed by atoms with Crippen molar-refractivity contribution in [1.82, 2.24) is 14.8 Å². The van der Waals surface area contributed by atoms with Crippen LogP contribution in [0.1, 0.15) is 17.3 Å². The van der Waals surface area contributed by atoms with Gasteiger partial charge < -0.3 is 24.4 Å². The summed E-state index contributed by atoms with van der Waals surface area (Å²) in [4.78, 5) is 33.6. The second-order valence-electron chi connectivity index (χ2n) is 7.24. The van der Waals surface area contributed by atoms with Gasteiger partial charge in [0.25, 0.3) is 11.7 Å². The van der Waals surface area contributed by atoms with Gasteiger partial charge in [-0.15, -0.1) is 0 Å². The molecule has 1 saturated heterocycles. The third kappa shape index (κ3) is 4.35. The summed E-state index contributed by atoms with van der Waals surface area (Å²) in [6.45, 7) is 0.825. The van der Waals surface area contributed by atoms with E-state index >= 15 is 0 Å². The summed E-state index contributed by atoms with van der Waals surface area (Å²) < 4.78 is 10.6. The molecule has 0 saturated carbocycles. The smallest absolute Gasteiger partial charge is 0.295 e.